The molecule has 0 radical (unpaired) electrons. The molecule has 0 saturated heterocycles. The van der Waals surface area contributed by atoms with Gasteiger partial charge in [0, 0.05) is 33.2 Å². The summed E-state index contributed by atoms with van der Waals surface area (Å²) in [6.07, 6.45) is 0. The smallest absolute Gasteiger partial charge is 0.164 e. The number of aromatic nitrogens is 4. The second-order valence-electron chi connectivity index (χ2n) is 12.4. The Kier molecular flexibility index (Phi) is 6.15. The van der Waals surface area contributed by atoms with Crippen LogP contribution in [0.25, 0.3) is 94.0 Å². The number of nitrogens with zero attached hydrogens (tertiary/aromatic N) is 4. The minimum absolute atomic E-state index is 0.638. The number of rotatable bonds is 4. The Morgan fingerprint density at radius 3 is 1.61 bits per heavy atom. The summed E-state index contributed by atoms with van der Waals surface area (Å²) in [5, 5.41) is 10.1. The van der Waals surface area contributed by atoms with Crippen molar-refractivity contribution in [2.75, 3.05) is 0 Å². The fourth-order valence-corrected chi connectivity index (χ4v) is 7.37. The number of para-hydroxylation sites is 1. The van der Waals surface area contributed by atoms with Crippen LogP contribution >= 0.6 is 0 Å². The van der Waals surface area contributed by atoms with Gasteiger partial charge >= 0.3 is 0 Å². The topological polar surface area (TPSA) is 43.6 Å². The van der Waals surface area contributed by atoms with Crippen LogP contribution in [0.5, 0.6) is 0 Å². The van der Waals surface area contributed by atoms with Crippen LogP contribution in [0.2, 0.25) is 0 Å². The van der Waals surface area contributed by atoms with Crippen molar-refractivity contribution in [1.82, 2.24) is 19.5 Å². The summed E-state index contributed by atoms with van der Waals surface area (Å²) < 4.78 is 2.37. The maximum Gasteiger partial charge on any atom is 0.164 e. The number of hydrogen-bond donors (Lipinski definition) is 0. The van der Waals surface area contributed by atoms with Gasteiger partial charge in [0.15, 0.2) is 17.5 Å². The fourth-order valence-electron chi connectivity index (χ4n) is 7.37. The summed E-state index contributed by atoms with van der Waals surface area (Å²) in [6, 6.07) is 59.8. The van der Waals surface area contributed by atoms with Crippen LogP contribution in [-0.4, -0.2) is 19.5 Å². The van der Waals surface area contributed by atoms with Gasteiger partial charge in [0.2, 0.25) is 0 Å². The van der Waals surface area contributed by atoms with Crippen molar-refractivity contribution in [3.63, 3.8) is 0 Å². The third kappa shape index (κ3) is 4.42. The first-order chi connectivity index (χ1) is 24.3. The average molecular weight is 625 g/mol. The largest absolute Gasteiger partial charge is 0.309 e. The summed E-state index contributed by atoms with van der Waals surface area (Å²) in [4.78, 5) is 14.9. The van der Waals surface area contributed by atoms with Crippen molar-refractivity contribution < 1.29 is 0 Å². The zero-order valence-corrected chi connectivity index (χ0v) is 26.5. The van der Waals surface area contributed by atoms with Crippen molar-refractivity contribution in [3.8, 4) is 39.9 Å². The fraction of sp³-hybridized carbons (Fsp3) is 0. The molecule has 228 valence electrons. The van der Waals surface area contributed by atoms with Crippen molar-refractivity contribution in [3.05, 3.63) is 170 Å². The van der Waals surface area contributed by atoms with Crippen molar-refractivity contribution in [2.24, 2.45) is 0 Å². The summed E-state index contributed by atoms with van der Waals surface area (Å²) in [6.45, 7) is 0. The minimum atomic E-state index is 0.638. The van der Waals surface area contributed by atoms with Gasteiger partial charge in [-0.3, -0.25) is 0 Å². The maximum absolute atomic E-state index is 5.01. The Labute approximate surface area is 282 Å². The highest BCUT2D eigenvalue weighted by Gasteiger charge is 2.18. The minimum Gasteiger partial charge on any atom is -0.309 e. The van der Waals surface area contributed by atoms with E-state index in [1.165, 1.54) is 43.1 Å². The first kappa shape index (κ1) is 27.5. The monoisotopic (exact) mass is 624 g/mol. The second-order valence-corrected chi connectivity index (χ2v) is 12.4. The van der Waals surface area contributed by atoms with Crippen LogP contribution in [0, 0.1) is 0 Å². The number of fused-ring (bicyclic) bond motifs is 9. The van der Waals surface area contributed by atoms with Crippen LogP contribution in [0.4, 0.5) is 0 Å². The highest BCUT2D eigenvalue weighted by molar-refractivity contribution is 6.27. The van der Waals surface area contributed by atoms with E-state index in [1.54, 1.807) is 0 Å². The van der Waals surface area contributed by atoms with Gasteiger partial charge in [-0.15, -0.1) is 0 Å². The first-order valence-corrected chi connectivity index (χ1v) is 16.5. The lowest BCUT2D eigenvalue weighted by molar-refractivity contribution is 1.07. The van der Waals surface area contributed by atoms with Crippen molar-refractivity contribution >= 4 is 54.1 Å². The Bertz CT molecular complexity index is 2820. The van der Waals surface area contributed by atoms with Gasteiger partial charge in [-0.05, 0) is 56.6 Å². The highest BCUT2D eigenvalue weighted by atomic mass is 15.0. The molecule has 0 unspecified atom stereocenters. The molecule has 8 aromatic carbocycles. The molecule has 0 aliphatic heterocycles. The molecule has 2 heterocycles. The van der Waals surface area contributed by atoms with Crippen LogP contribution < -0.4 is 0 Å². The van der Waals surface area contributed by atoms with E-state index in [2.05, 4.69) is 114 Å². The number of benzene rings is 8. The molecular weight excluding hydrogens is 597 g/mol. The quantitative estimate of drug-likeness (QED) is 0.183. The Hall–Kier alpha value is -6.65. The van der Waals surface area contributed by atoms with Gasteiger partial charge in [-0.25, -0.2) is 15.0 Å². The molecule has 0 aliphatic carbocycles. The van der Waals surface area contributed by atoms with Crippen molar-refractivity contribution in [1.29, 1.82) is 0 Å². The van der Waals surface area contributed by atoms with Crippen LogP contribution in [0.3, 0.4) is 0 Å². The summed E-state index contributed by atoms with van der Waals surface area (Å²) in [7, 11) is 0. The molecule has 2 aromatic heterocycles. The molecule has 0 aliphatic rings. The highest BCUT2D eigenvalue weighted by Crippen LogP contribution is 2.40. The molecule has 0 fully saturated rings. The van der Waals surface area contributed by atoms with Crippen LogP contribution in [0.15, 0.2) is 170 Å². The van der Waals surface area contributed by atoms with E-state index in [0.717, 1.165) is 33.4 Å². The SMILES string of the molecule is c1ccc(-c2nc(-c3ccccc3)nc(-c3cccc(-n4c5ccccc5c5c6ccc7c8ccccc8ccc7c6ccc54)c3)n2)cc1. The molecule has 0 saturated carbocycles. The van der Waals surface area contributed by atoms with Gasteiger partial charge in [-0.1, -0.05) is 146 Å². The zero-order valence-electron chi connectivity index (χ0n) is 26.5. The first-order valence-electron chi connectivity index (χ1n) is 16.5. The van der Waals surface area contributed by atoms with E-state index in [0.29, 0.717) is 17.5 Å². The summed E-state index contributed by atoms with van der Waals surface area (Å²) in [5.41, 5.74) is 6.21. The van der Waals surface area contributed by atoms with E-state index < -0.39 is 0 Å². The Morgan fingerprint density at radius 1 is 0.327 bits per heavy atom. The molecular formula is C45H28N4. The third-order valence-corrected chi connectivity index (χ3v) is 9.62. The predicted octanol–water partition coefficient (Wildman–Crippen LogP) is 11.4. The summed E-state index contributed by atoms with van der Waals surface area (Å²) >= 11 is 0. The second kappa shape index (κ2) is 11.0. The summed E-state index contributed by atoms with van der Waals surface area (Å²) in [5.74, 6) is 1.94. The van der Waals surface area contributed by atoms with E-state index in [9.17, 15) is 0 Å². The number of hydrogen-bond acceptors (Lipinski definition) is 3. The molecule has 4 heteroatoms. The third-order valence-electron chi connectivity index (χ3n) is 9.62. The average Bonchev–Trinajstić information content (AvgIpc) is 3.53. The van der Waals surface area contributed by atoms with Gasteiger partial charge in [0.25, 0.3) is 0 Å². The van der Waals surface area contributed by atoms with Crippen LogP contribution in [-0.2, 0) is 0 Å². The molecule has 10 aromatic rings. The van der Waals surface area contributed by atoms with E-state index >= 15 is 0 Å². The van der Waals surface area contributed by atoms with Gasteiger partial charge in [0.05, 0.1) is 11.0 Å². The molecule has 10 rings (SSSR count). The van der Waals surface area contributed by atoms with Gasteiger partial charge in [0.1, 0.15) is 0 Å². The molecule has 4 nitrogen and oxygen atoms in total. The molecule has 0 spiro atoms. The maximum atomic E-state index is 5.01. The van der Waals surface area contributed by atoms with E-state index in [-0.39, 0.29) is 0 Å². The standard InChI is InChI=1S/C45H28N4/c1-3-13-30(14-4-1)43-46-44(31-15-5-2-6-16-31)48-45(47-43)32-17-11-18-33(28-32)49-40-21-10-9-20-39(40)42-38-25-24-35-34-19-8-7-12-29(34)22-23-36(35)37(38)26-27-41(42)49/h1-28H. The predicted molar refractivity (Wildman–Crippen MR) is 203 cm³/mol. The Balaban J connectivity index is 1.19. The lowest BCUT2D eigenvalue weighted by Gasteiger charge is -2.12. The molecule has 0 amide bonds. The van der Waals surface area contributed by atoms with E-state index in [4.69, 9.17) is 15.0 Å². The van der Waals surface area contributed by atoms with Gasteiger partial charge < -0.3 is 4.57 Å². The Morgan fingerprint density at radius 2 is 0.857 bits per heavy atom. The molecule has 0 atom stereocenters. The normalized spacial score (nSPS) is 11.7. The molecule has 0 bridgehead atoms. The lowest BCUT2D eigenvalue weighted by atomic mass is 9.95. The van der Waals surface area contributed by atoms with Crippen LogP contribution in [0.1, 0.15) is 0 Å². The van der Waals surface area contributed by atoms with Gasteiger partial charge in [-0.2, -0.15) is 0 Å². The zero-order chi connectivity index (χ0) is 32.3. The van der Waals surface area contributed by atoms with Crippen molar-refractivity contribution in [2.45, 2.75) is 0 Å². The molecule has 49 heavy (non-hydrogen) atoms. The lowest BCUT2D eigenvalue weighted by Crippen LogP contribution is -2.01. The molecule has 0 N–H and O–H groups in total. The van der Waals surface area contributed by atoms with E-state index in [1.807, 2.05) is 60.7 Å².